The maximum atomic E-state index is 13.4. The number of para-hydroxylation sites is 1. The number of fused-ring (bicyclic) bond motifs is 1. The summed E-state index contributed by atoms with van der Waals surface area (Å²) in [5, 5.41) is 12.1. The molecular weight excluding hydrogens is 430 g/mol. The van der Waals surface area contributed by atoms with Gasteiger partial charge in [0, 0.05) is 16.1 Å². The highest BCUT2D eigenvalue weighted by Crippen LogP contribution is 2.43. The second-order valence-corrected chi connectivity index (χ2v) is 8.00. The quantitative estimate of drug-likeness (QED) is 0.540. The molecule has 1 atom stereocenters. The number of carbonyl (C=O) groups excluding carboxylic acids is 2. The number of rotatable bonds is 7. The van der Waals surface area contributed by atoms with Crippen LogP contribution < -0.4 is 14.4 Å². The highest BCUT2D eigenvalue weighted by Gasteiger charge is 2.50. The Balaban J connectivity index is 1.65. The van der Waals surface area contributed by atoms with Crippen molar-refractivity contribution in [1.29, 1.82) is 0 Å². The standard InChI is InChI=1S/C25H22ClNO5/c1-31-22-12-9-17(13-23(22)32-2)21(28)14-25(30)19-5-3-4-6-20(19)27(24(25)29)15-16-7-10-18(26)11-8-16/h3-13,30H,14-15H2,1-2H3/t25-/m0/s1. The van der Waals surface area contributed by atoms with Gasteiger partial charge in [0.1, 0.15) is 0 Å². The number of Topliss-reactive ketones (excluding diaryl/α,β-unsaturated/α-hetero) is 1. The molecule has 1 amide bonds. The fraction of sp³-hybridized carbons (Fsp3) is 0.200. The number of hydrogen-bond acceptors (Lipinski definition) is 5. The lowest BCUT2D eigenvalue weighted by atomic mass is 9.88. The van der Waals surface area contributed by atoms with Crippen LogP contribution in [-0.4, -0.2) is 31.0 Å². The van der Waals surface area contributed by atoms with Gasteiger partial charge in [-0.05, 0) is 42.0 Å². The van der Waals surface area contributed by atoms with Crippen molar-refractivity contribution < 1.29 is 24.2 Å². The van der Waals surface area contributed by atoms with E-state index in [9.17, 15) is 14.7 Å². The Bertz CT molecular complexity index is 1180. The highest BCUT2D eigenvalue weighted by atomic mass is 35.5. The fourth-order valence-electron chi connectivity index (χ4n) is 3.95. The van der Waals surface area contributed by atoms with E-state index in [-0.39, 0.29) is 12.3 Å². The summed E-state index contributed by atoms with van der Waals surface area (Å²) in [5.41, 5.74) is 0.196. The smallest absolute Gasteiger partial charge is 0.264 e. The summed E-state index contributed by atoms with van der Waals surface area (Å²) in [4.78, 5) is 28.0. The topological polar surface area (TPSA) is 76.1 Å². The number of ether oxygens (including phenoxy) is 2. The molecule has 0 spiro atoms. The minimum Gasteiger partial charge on any atom is -0.493 e. The van der Waals surface area contributed by atoms with E-state index in [1.807, 2.05) is 12.1 Å². The van der Waals surface area contributed by atoms with E-state index in [1.54, 1.807) is 54.6 Å². The number of aliphatic hydroxyl groups is 1. The van der Waals surface area contributed by atoms with Gasteiger partial charge in [-0.15, -0.1) is 0 Å². The molecule has 0 radical (unpaired) electrons. The van der Waals surface area contributed by atoms with Crippen molar-refractivity contribution in [3.63, 3.8) is 0 Å². The van der Waals surface area contributed by atoms with E-state index >= 15 is 0 Å². The van der Waals surface area contributed by atoms with Crippen LogP contribution in [0.5, 0.6) is 11.5 Å². The third kappa shape index (κ3) is 3.83. The van der Waals surface area contributed by atoms with E-state index in [4.69, 9.17) is 21.1 Å². The molecule has 0 saturated heterocycles. The van der Waals surface area contributed by atoms with Crippen LogP contribution in [0.2, 0.25) is 5.02 Å². The molecule has 1 aliphatic heterocycles. The maximum absolute atomic E-state index is 13.4. The van der Waals surface area contributed by atoms with Crippen molar-refractivity contribution in [2.45, 2.75) is 18.6 Å². The molecule has 6 nitrogen and oxygen atoms in total. The van der Waals surface area contributed by atoms with E-state index in [2.05, 4.69) is 0 Å². The number of anilines is 1. The van der Waals surface area contributed by atoms with Crippen molar-refractivity contribution in [2.24, 2.45) is 0 Å². The molecule has 4 rings (SSSR count). The number of hydrogen-bond donors (Lipinski definition) is 1. The van der Waals surface area contributed by atoms with Crippen LogP contribution in [0.15, 0.2) is 66.7 Å². The van der Waals surface area contributed by atoms with Crippen LogP contribution in [0.4, 0.5) is 5.69 Å². The van der Waals surface area contributed by atoms with Gasteiger partial charge in [-0.2, -0.15) is 0 Å². The molecule has 1 heterocycles. The van der Waals surface area contributed by atoms with Crippen molar-refractivity contribution in [2.75, 3.05) is 19.1 Å². The summed E-state index contributed by atoms with van der Waals surface area (Å²) in [6, 6.07) is 18.9. The van der Waals surface area contributed by atoms with Gasteiger partial charge in [0.25, 0.3) is 5.91 Å². The lowest BCUT2D eigenvalue weighted by molar-refractivity contribution is -0.136. The van der Waals surface area contributed by atoms with E-state index in [0.29, 0.717) is 33.3 Å². The maximum Gasteiger partial charge on any atom is 0.264 e. The fourth-order valence-corrected chi connectivity index (χ4v) is 4.08. The molecule has 0 unspecified atom stereocenters. The van der Waals surface area contributed by atoms with E-state index < -0.39 is 17.9 Å². The molecule has 0 aliphatic carbocycles. The first-order valence-electron chi connectivity index (χ1n) is 10.0. The molecule has 7 heteroatoms. The van der Waals surface area contributed by atoms with Crippen LogP contribution >= 0.6 is 11.6 Å². The monoisotopic (exact) mass is 451 g/mol. The minimum atomic E-state index is -1.97. The Hall–Kier alpha value is -3.35. The second-order valence-electron chi connectivity index (χ2n) is 7.56. The third-order valence-electron chi connectivity index (χ3n) is 5.62. The van der Waals surface area contributed by atoms with Gasteiger partial charge in [0.05, 0.1) is 32.9 Å². The lowest BCUT2D eigenvalue weighted by Crippen LogP contribution is -2.41. The average Bonchev–Trinajstić information content (AvgIpc) is 3.01. The predicted octanol–water partition coefficient (Wildman–Crippen LogP) is 4.36. The van der Waals surface area contributed by atoms with Gasteiger partial charge in [0.2, 0.25) is 0 Å². The molecule has 3 aromatic carbocycles. The SMILES string of the molecule is COc1ccc(C(=O)C[C@@]2(O)C(=O)N(Cc3ccc(Cl)cc3)c3ccccc32)cc1OC. The van der Waals surface area contributed by atoms with Crippen LogP contribution in [-0.2, 0) is 16.9 Å². The molecule has 32 heavy (non-hydrogen) atoms. The van der Waals surface area contributed by atoms with Crippen LogP contribution in [0.3, 0.4) is 0 Å². The Labute approximate surface area is 191 Å². The number of methoxy groups -OCH3 is 2. The van der Waals surface area contributed by atoms with Gasteiger partial charge < -0.3 is 19.5 Å². The Morgan fingerprint density at radius 3 is 2.38 bits per heavy atom. The van der Waals surface area contributed by atoms with E-state index in [0.717, 1.165) is 5.56 Å². The third-order valence-corrected chi connectivity index (χ3v) is 5.87. The van der Waals surface area contributed by atoms with Gasteiger partial charge in [-0.25, -0.2) is 0 Å². The van der Waals surface area contributed by atoms with Crippen LogP contribution in [0.25, 0.3) is 0 Å². The summed E-state index contributed by atoms with van der Waals surface area (Å²) in [6.45, 7) is 0.250. The first kappa shape index (κ1) is 21.9. The molecular formula is C25H22ClNO5. The molecule has 1 aliphatic rings. The minimum absolute atomic E-state index is 0.250. The molecule has 164 valence electrons. The Morgan fingerprint density at radius 2 is 1.69 bits per heavy atom. The van der Waals surface area contributed by atoms with Crippen molar-refractivity contribution in [1.82, 2.24) is 0 Å². The van der Waals surface area contributed by atoms with Crippen molar-refractivity contribution in [3.05, 3.63) is 88.4 Å². The predicted molar refractivity (Wildman–Crippen MR) is 121 cm³/mol. The number of carbonyl (C=O) groups is 2. The normalized spacial score (nSPS) is 17.2. The Kier molecular flexibility index (Phi) is 5.91. The first-order valence-corrected chi connectivity index (χ1v) is 10.4. The summed E-state index contributed by atoms with van der Waals surface area (Å²) in [5.74, 6) is -0.0422. The first-order chi connectivity index (χ1) is 15.4. The van der Waals surface area contributed by atoms with Crippen molar-refractivity contribution in [3.8, 4) is 11.5 Å². The molecule has 0 saturated carbocycles. The van der Waals surface area contributed by atoms with Crippen LogP contribution in [0.1, 0.15) is 27.9 Å². The highest BCUT2D eigenvalue weighted by molar-refractivity contribution is 6.30. The summed E-state index contributed by atoms with van der Waals surface area (Å²) in [7, 11) is 2.98. The number of amides is 1. The zero-order valence-electron chi connectivity index (χ0n) is 17.7. The van der Waals surface area contributed by atoms with Crippen LogP contribution in [0, 0.1) is 0 Å². The van der Waals surface area contributed by atoms with Gasteiger partial charge in [-0.1, -0.05) is 41.9 Å². The van der Waals surface area contributed by atoms with Gasteiger partial charge >= 0.3 is 0 Å². The van der Waals surface area contributed by atoms with Gasteiger partial charge in [0.15, 0.2) is 22.9 Å². The number of nitrogens with zero attached hydrogens (tertiary/aromatic N) is 1. The number of halogens is 1. The summed E-state index contributed by atoms with van der Waals surface area (Å²) < 4.78 is 10.5. The number of ketones is 1. The summed E-state index contributed by atoms with van der Waals surface area (Å²) >= 11 is 5.96. The Morgan fingerprint density at radius 1 is 1.00 bits per heavy atom. The average molecular weight is 452 g/mol. The molecule has 1 N–H and O–H groups in total. The van der Waals surface area contributed by atoms with Gasteiger partial charge in [-0.3, -0.25) is 9.59 Å². The molecule has 0 aromatic heterocycles. The second kappa shape index (κ2) is 8.65. The lowest BCUT2D eigenvalue weighted by Gasteiger charge is -2.23. The zero-order valence-corrected chi connectivity index (χ0v) is 18.4. The molecule has 0 bridgehead atoms. The van der Waals surface area contributed by atoms with Crippen molar-refractivity contribution >= 4 is 29.0 Å². The molecule has 0 fully saturated rings. The molecule has 3 aromatic rings. The largest absolute Gasteiger partial charge is 0.493 e. The summed E-state index contributed by atoms with van der Waals surface area (Å²) in [6.07, 6.45) is -0.393. The van der Waals surface area contributed by atoms with E-state index in [1.165, 1.54) is 19.1 Å². The zero-order chi connectivity index (χ0) is 22.9. The number of benzene rings is 3.